The van der Waals surface area contributed by atoms with Crippen molar-refractivity contribution < 1.29 is 4.79 Å². The summed E-state index contributed by atoms with van der Waals surface area (Å²) in [7, 11) is 0. The lowest BCUT2D eigenvalue weighted by molar-refractivity contribution is -0.120. The largest absolute Gasteiger partial charge is 0.372 e. The summed E-state index contributed by atoms with van der Waals surface area (Å²) in [5.41, 5.74) is 3.78. The molecule has 160 valence electrons. The minimum absolute atomic E-state index is 0.0365. The van der Waals surface area contributed by atoms with Crippen LogP contribution in [0.5, 0.6) is 0 Å². The van der Waals surface area contributed by atoms with Gasteiger partial charge in [0.15, 0.2) is 5.13 Å². The first kappa shape index (κ1) is 21.1. The number of benzene rings is 2. The van der Waals surface area contributed by atoms with E-state index in [0.29, 0.717) is 0 Å². The van der Waals surface area contributed by atoms with Crippen LogP contribution >= 0.6 is 11.3 Å². The van der Waals surface area contributed by atoms with Gasteiger partial charge in [-0.05, 0) is 50.6 Å². The number of nitrogens with one attached hydrogen (secondary N) is 1. The van der Waals surface area contributed by atoms with E-state index in [1.165, 1.54) is 22.0 Å². The molecule has 0 bridgehead atoms. The van der Waals surface area contributed by atoms with Crippen molar-refractivity contribution in [2.75, 3.05) is 28.3 Å². The summed E-state index contributed by atoms with van der Waals surface area (Å²) in [4.78, 5) is 20.2. The predicted molar refractivity (Wildman–Crippen MR) is 129 cm³/mol. The highest BCUT2D eigenvalue weighted by Crippen LogP contribution is 2.35. The van der Waals surface area contributed by atoms with Crippen molar-refractivity contribution in [1.29, 1.82) is 0 Å². The maximum atomic E-state index is 13.5. The van der Waals surface area contributed by atoms with Gasteiger partial charge in [0, 0.05) is 30.4 Å². The lowest BCUT2D eigenvalue weighted by Crippen LogP contribution is -2.34. The van der Waals surface area contributed by atoms with Gasteiger partial charge in [0.25, 0.3) is 5.91 Å². The minimum atomic E-state index is -0.414. The molecule has 0 radical (unpaired) electrons. The molecule has 2 heterocycles. The molecule has 1 aromatic heterocycles. The molecule has 0 fully saturated rings. The molecule has 1 aliphatic rings. The molecule has 1 N–H and O–H groups in total. The lowest BCUT2D eigenvalue weighted by Gasteiger charge is -2.26. The van der Waals surface area contributed by atoms with Crippen LogP contribution in [0.3, 0.4) is 0 Å². The van der Waals surface area contributed by atoms with E-state index in [0.717, 1.165) is 35.2 Å². The Bertz CT molecular complexity index is 1030. The molecular formula is C24H27N5OS. The van der Waals surface area contributed by atoms with Gasteiger partial charge in [-0.15, -0.1) is 11.3 Å². The molecule has 4 rings (SSSR count). The van der Waals surface area contributed by atoms with Crippen molar-refractivity contribution in [2.45, 2.75) is 26.8 Å². The monoisotopic (exact) mass is 433 g/mol. The Hall–Kier alpha value is -3.19. The van der Waals surface area contributed by atoms with Crippen molar-refractivity contribution in [3.05, 3.63) is 71.7 Å². The molecule has 2 aromatic carbocycles. The molecule has 1 amide bonds. The fraction of sp³-hybridized carbons (Fsp3) is 0.292. The van der Waals surface area contributed by atoms with Gasteiger partial charge in [-0.3, -0.25) is 4.79 Å². The molecule has 2 unspecified atom stereocenters. The third kappa shape index (κ3) is 4.32. The molecule has 6 nitrogen and oxygen atoms in total. The standard InChI is InChI=1S/C24H27N5OS/c1-4-28(5-2)19-13-11-18(12-14-19)22(26-24-25-15-16-31-24)21-17(3)27-29(23(21)30)20-9-7-6-8-10-20/h6-16,21-22H,4-5H2,1-3H3,(H,25,26). The summed E-state index contributed by atoms with van der Waals surface area (Å²) < 4.78 is 0. The van der Waals surface area contributed by atoms with E-state index in [1.54, 1.807) is 6.20 Å². The van der Waals surface area contributed by atoms with Crippen molar-refractivity contribution in [3.8, 4) is 0 Å². The van der Waals surface area contributed by atoms with Crippen LogP contribution in [0.1, 0.15) is 32.4 Å². The third-order valence-electron chi connectivity index (χ3n) is 5.61. The molecule has 31 heavy (non-hydrogen) atoms. The van der Waals surface area contributed by atoms with Gasteiger partial charge >= 0.3 is 0 Å². The molecule has 7 heteroatoms. The van der Waals surface area contributed by atoms with Crippen molar-refractivity contribution in [2.24, 2.45) is 11.0 Å². The van der Waals surface area contributed by atoms with E-state index in [1.807, 2.05) is 42.6 Å². The minimum Gasteiger partial charge on any atom is -0.372 e. The van der Waals surface area contributed by atoms with E-state index in [-0.39, 0.29) is 11.9 Å². The van der Waals surface area contributed by atoms with E-state index < -0.39 is 5.92 Å². The van der Waals surface area contributed by atoms with Crippen LogP contribution in [-0.2, 0) is 4.79 Å². The van der Waals surface area contributed by atoms with E-state index >= 15 is 0 Å². The van der Waals surface area contributed by atoms with Crippen LogP contribution < -0.4 is 15.2 Å². The zero-order valence-electron chi connectivity index (χ0n) is 18.0. The number of hydrazone groups is 1. The highest BCUT2D eigenvalue weighted by atomic mass is 32.1. The Morgan fingerprint density at radius 1 is 1.10 bits per heavy atom. The van der Waals surface area contributed by atoms with Crippen LogP contribution in [0.2, 0.25) is 0 Å². The summed E-state index contributed by atoms with van der Waals surface area (Å²) >= 11 is 1.52. The maximum absolute atomic E-state index is 13.5. The van der Waals surface area contributed by atoms with Crippen LogP contribution in [-0.4, -0.2) is 29.7 Å². The summed E-state index contributed by atoms with van der Waals surface area (Å²) in [6, 6.07) is 17.8. The number of anilines is 3. The number of nitrogens with zero attached hydrogens (tertiary/aromatic N) is 4. The number of para-hydroxylation sites is 1. The van der Waals surface area contributed by atoms with E-state index in [2.05, 4.69) is 58.4 Å². The first-order valence-electron chi connectivity index (χ1n) is 10.6. The van der Waals surface area contributed by atoms with Crippen molar-refractivity contribution >= 4 is 39.5 Å². The van der Waals surface area contributed by atoms with Gasteiger partial charge in [-0.25, -0.2) is 9.99 Å². The average Bonchev–Trinajstić information content (AvgIpc) is 3.42. The topological polar surface area (TPSA) is 60.8 Å². The van der Waals surface area contributed by atoms with Crippen molar-refractivity contribution in [1.82, 2.24) is 4.98 Å². The number of hydrogen-bond acceptors (Lipinski definition) is 6. The van der Waals surface area contributed by atoms with E-state index in [9.17, 15) is 4.79 Å². The van der Waals surface area contributed by atoms with Gasteiger partial charge in [-0.2, -0.15) is 5.10 Å². The van der Waals surface area contributed by atoms with Gasteiger partial charge in [0.1, 0.15) is 5.92 Å². The molecule has 0 saturated heterocycles. The zero-order valence-corrected chi connectivity index (χ0v) is 18.8. The molecule has 1 aliphatic heterocycles. The molecule has 0 aliphatic carbocycles. The molecule has 3 aromatic rings. The third-order valence-corrected chi connectivity index (χ3v) is 6.31. The molecule has 0 saturated carbocycles. The van der Waals surface area contributed by atoms with Crippen LogP contribution in [0.25, 0.3) is 0 Å². The van der Waals surface area contributed by atoms with E-state index in [4.69, 9.17) is 0 Å². The summed E-state index contributed by atoms with van der Waals surface area (Å²) in [6.45, 7) is 8.14. The summed E-state index contributed by atoms with van der Waals surface area (Å²) in [6.07, 6.45) is 1.77. The Morgan fingerprint density at radius 2 is 1.81 bits per heavy atom. The first-order valence-corrected chi connectivity index (χ1v) is 11.4. The first-order chi connectivity index (χ1) is 15.1. The fourth-order valence-electron chi connectivity index (χ4n) is 3.99. The van der Waals surface area contributed by atoms with Crippen LogP contribution in [0, 0.1) is 5.92 Å². The number of hydrogen-bond donors (Lipinski definition) is 1. The van der Waals surface area contributed by atoms with Crippen LogP contribution in [0.4, 0.5) is 16.5 Å². The lowest BCUT2D eigenvalue weighted by atomic mass is 9.89. The Labute approximate surface area is 187 Å². The van der Waals surface area contributed by atoms with Gasteiger partial charge in [0.05, 0.1) is 17.4 Å². The maximum Gasteiger partial charge on any atom is 0.258 e. The second-order valence-electron chi connectivity index (χ2n) is 7.43. The zero-order chi connectivity index (χ0) is 21.8. The quantitative estimate of drug-likeness (QED) is 0.532. The number of rotatable bonds is 8. The van der Waals surface area contributed by atoms with Gasteiger partial charge in [-0.1, -0.05) is 30.3 Å². The molecular weight excluding hydrogens is 406 g/mol. The van der Waals surface area contributed by atoms with Crippen LogP contribution in [0.15, 0.2) is 71.3 Å². The normalized spacial score (nSPS) is 16.9. The fourth-order valence-corrected chi connectivity index (χ4v) is 4.55. The number of amides is 1. The van der Waals surface area contributed by atoms with Gasteiger partial charge < -0.3 is 10.2 Å². The highest BCUT2D eigenvalue weighted by Gasteiger charge is 2.41. The predicted octanol–water partition coefficient (Wildman–Crippen LogP) is 5.18. The Kier molecular flexibility index (Phi) is 6.32. The number of carbonyl (C=O) groups is 1. The number of thiazole rings is 1. The number of aromatic nitrogens is 1. The summed E-state index contributed by atoms with van der Waals surface area (Å²) in [5, 5.41) is 12.3. The summed E-state index contributed by atoms with van der Waals surface area (Å²) in [5.74, 6) is -0.450. The number of carbonyl (C=O) groups excluding carboxylic acids is 1. The molecule has 2 atom stereocenters. The Balaban J connectivity index is 1.67. The van der Waals surface area contributed by atoms with Crippen molar-refractivity contribution in [3.63, 3.8) is 0 Å². The smallest absolute Gasteiger partial charge is 0.258 e. The average molecular weight is 434 g/mol. The SMILES string of the molecule is CCN(CC)c1ccc(C(Nc2nccs2)C2C(=O)N(c3ccccc3)N=C2C)cc1. The van der Waals surface area contributed by atoms with Gasteiger partial charge in [0.2, 0.25) is 0 Å². The molecule has 0 spiro atoms. The Morgan fingerprint density at radius 3 is 2.42 bits per heavy atom. The second kappa shape index (κ2) is 9.31. The second-order valence-corrected chi connectivity index (χ2v) is 8.32. The highest BCUT2D eigenvalue weighted by molar-refractivity contribution is 7.13.